The van der Waals surface area contributed by atoms with Gasteiger partial charge < -0.3 is 5.32 Å². The highest BCUT2D eigenvalue weighted by Crippen LogP contribution is 2.29. The van der Waals surface area contributed by atoms with E-state index in [0.29, 0.717) is 13.1 Å². The zero-order valence-electron chi connectivity index (χ0n) is 20.9. The van der Waals surface area contributed by atoms with Crippen LogP contribution in [0.5, 0.6) is 0 Å². The minimum absolute atomic E-state index is 0.0202. The molecule has 0 aliphatic carbocycles. The van der Waals surface area contributed by atoms with Gasteiger partial charge in [0, 0.05) is 19.6 Å². The molecule has 7 heteroatoms. The number of unbranched alkanes of at least 4 members (excludes halogenated alkanes) is 1. The van der Waals surface area contributed by atoms with Crippen LogP contribution in [-0.4, -0.2) is 44.8 Å². The van der Waals surface area contributed by atoms with Crippen molar-refractivity contribution in [3.05, 3.63) is 88.6 Å². The van der Waals surface area contributed by atoms with Crippen molar-refractivity contribution in [3.8, 4) is 5.69 Å². The van der Waals surface area contributed by atoms with Crippen LogP contribution in [0.4, 0.5) is 0 Å². The first-order chi connectivity index (χ1) is 17.0. The second kappa shape index (κ2) is 11.3. The molecule has 7 nitrogen and oxygen atoms in total. The van der Waals surface area contributed by atoms with E-state index in [1.54, 1.807) is 10.9 Å². The van der Waals surface area contributed by atoms with Crippen LogP contribution in [0.25, 0.3) is 11.3 Å². The average molecular weight is 474 g/mol. The van der Waals surface area contributed by atoms with Gasteiger partial charge in [-0.15, -0.1) is 0 Å². The Labute approximate surface area is 207 Å². The number of nitrogens with zero attached hydrogens (tertiary/aromatic N) is 4. The lowest BCUT2D eigenvalue weighted by atomic mass is 9.96. The van der Waals surface area contributed by atoms with E-state index in [4.69, 9.17) is 0 Å². The van der Waals surface area contributed by atoms with E-state index in [0.717, 1.165) is 42.6 Å². The summed E-state index contributed by atoms with van der Waals surface area (Å²) < 4.78 is 3.05. The maximum atomic E-state index is 13.1. The fourth-order valence-electron chi connectivity index (χ4n) is 4.51. The van der Waals surface area contributed by atoms with Crippen molar-refractivity contribution in [2.24, 2.45) is 0 Å². The van der Waals surface area contributed by atoms with Gasteiger partial charge in [-0.2, -0.15) is 5.10 Å². The van der Waals surface area contributed by atoms with Gasteiger partial charge in [-0.3, -0.25) is 9.69 Å². The molecule has 3 aromatic rings. The molecule has 1 N–H and O–H groups in total. The summed E-state index contributed by atoms with van der Waals surface area (Å²) in [5.41, 5.74) is 4.09. The lowest BCUT2D eigenvalue weighted by Crippen LogP contribution is -2.42. The normalized spacial score (nSPS) is 15.1. The maximum absolute atomic E-state index is 13.1. The standard InChI is InChI=1S/C28H35N5O2/c1-4-5-17-29-27(34)26(24-9-7-6-8-10-24)31-18-15-23(16-19-31)22-11-13-25(14-12-22)32-20-30-33(21(2)3)28(32)35/h6-15,20-21,26H,4-5,16-19H2,1-3H3,(H,29,34). The topological polar surface area (TPSA) is 72.2 Å². The van der Waals surface area contributed by atoms with Crippen LogP contribution >= 0.6 is 0 Å². The molecule has 1 aliphatic heterocycles. The molecule has 1 unspecified atom stereocenters. The van der Waals surface area contributed by atoms with Gasteiger partial charge in [0.15, 0.2) is 0 Å². The van der Waals surface area contributed by atoms with Crippen LogP contribution in [0.2, 0.25) is 0 Å². The Morgan fingerprint density at radius 2 is 1.83 bits per heavy atom. The fourth-order valence-corrected chi connectivity index (χ4v) is 4.51. The number of aromatic nitrogens is 3. The van der Waals surface area contributed by atoms with Crippen molar-refractivity contribution < 1.29 is 4.79 Å². The molecule has 35 heavy (non-hydrogen) atoms. The molecular formula is C28H35N5O2. The Hall–Kier alpha value is -3.45. The van der Waals surface area contributed by atoms with E-state index < -0.39 is 0 Å². The van der Waals surface area contributed by atoms with Crippen molar-refractivity contribution in [1.82, 2.24) is 24.6 Å². The molecule has 184 valence electrons. The first-order valence-electron chi connectivity index (χ1n) is 12.5. The number of rotatable bonds is 9. The van der Waals surface area contributed by atoms with Gasteiger partial charge in [0.25, 0.3) is 0 Å². The largest absolute Gasteiger partial charge is 0.354 e. The third-order valence-corrected chi connectivity index (χ3v) is 6.50. The van der Waals surface area contributed by atoms with Crippen LogP contribution in [0.1, 0.15) is 63.2 Å². The molecule has 0 radical (unpaired) electrons. The number of hydrogen-bond donors (Lipinski definition) is 1. The second-order valence-electron chi connectivity index (χ2n) is 9.30. The first kappa shape index (κ1) is 24.7. The number of carbonyl (C=O) groups is 1. The highest BCUT2D eigenvalue weighted by atomic mass is 16.2. The van der Waals surface area contributed by atoms with E-state index in [9.17, 15) is 9.59 Å². The molecule has 1 aromatic heterocycles. The number of benzene rings is 2. The van der Waals surface area contributed by atoms with E-state index in [1.165, 1.54) is 10.3 Å². The monoisotopic (exact) mass is 473 g/mol. The minimum atomic E-state index is -0.294. The van der Waals surface area contributed by atoms with Gasteiger partial charge in [0.05, 0.1) is 11.7 Å². The smallest absolute Gasteiger partial charge is 0.350 e. The zero-order valence-corrected chi connectivity index (χ0v) is 20.9. The van der Waals surface area contributed by atoms with E-state index >= 15 is 0 Å². The highest BCUT2D eigenvalue weighted by molar-refractivity contribution is 5.83. The van der Waals surface area contributed by atoms with Crippen molar-refractivity contribution in [2.75, 3.05) is 19.6 Å². The summed E-state index contributed by atoms with van der Waals surface area (Å²) in [5.74, 6) is 0.0678. The van der Waals surface area contributed by atoms with E-state index in [-0.39, 0.29) is 23.7 Å². The first-order valence-corrected chi connectivity index (χ1v) is 12.5. The third-order valence-electron chi connectivity index (χ3n) is 6.50. The zero-order chi connectivity index (χ0) is 24.8. The molecular weight excluding hydrogens is 438 g/mol. The van der Waals surface area contributed by atoms with Crippen LogP contribution < -0.4 is 11.0 Å². The number of nitrogens with one attached hydrogen (secondary N) is 1. The molecule has 0 saturated heterocycles. The lowest BCUT2D eigenvalue weighted by Gasteiger charge is -2.33. The van der Waals surface area contributed by atoms with Gasteiger partial charge in [-0.05, 0) is 55.5 Å². The van der Waals surface area contributed by atoms with Gasteiger partial charge in [0.2, 0.25) is 5.91 Å². The van der Waals surface area contributed by atoms with Gasteiger partial charge in [0.1, 0.15) is 12.4 Å². The molecule has 1 aliphatic rings. The van der Waals surface area contributed by atoms with Gasteiger partial charge in [-0.1, -0.05) is 61.9 Å². The Balaban J connectivity index is 1.49. The lowest BCUT2D eigenvalue weighted by molar-refractivity contribution is -0.126. The number of carbonyl (C=O) groups excluding carboxylic acids is 1. The molecule has 2 heterocycles. The molecule has 1 amide bonds. The molecule has 0 bridgehead atoms. The molecule has 4 rings (SSSR count). The number of hydrogen-bond acceptors (Lipinski definition) is 4. The average Bonchev–Trinajstić information content (AvgIpc) is 3.27. The minimum Gasteiger partial charge on any atom is -0.354 e. The van der Waals surface area contributed by atoms with Gasteiger partial charge in [-0.25, -0.2) is 14.0 Å². The van der Waals surface area contributed by atoms with E-state index in [2.05, 4.69) is 40.4 Å². The van der Waals surface area contributed by atoms with Gasteiger partial charge >= 0.3 is 5.69 Å². The summed E-state index contributed by atoms with van der Waals surface area (Å²) in [6.07, 6.45) is 6.69. The van der Waals surface area contributed by atoms with E-state index in [1.807, 2.05) is 56.3 Å². The van der Waals surface area contributed by atoms with Crippen molar-refractivity contribution >= 4 is 11.5 Å². The van der Waals surface area contributed by atoms with Crippen LogP contribution in [0.15, 0.2) is 71.8 Å². The summed E-state index contributed by atoms with van der Waals surface area (Å²) in [5, 5.41) is 7.33. The van der Waals surface area contributed by atoms with Crippen LogP contribution in [0, 0.1) is 0 Å². The van der Waals surface area contributed by atoms with Crippen LogP contribution in [0.3, 0.4) is 0 Å². The summed E-state index contributed by atoms with van der Waals surface area (Å²) in [7, 11) is 0. The highest BCUT2D eigenvalue weighted by Gasteiger charge is 2.28. The second-order valence-corrected chi connectivity index (χ2v) is 9.30. The fraction of sp³-hybridized carbons (Fsp3) is 0.393. The predicted molar refractivity (Wildman–Crippen MR) is 139 cm³/mol. The van der Waals surface area contributed by atoms with Crippen molar-refractivity contribution in [3.63, 3.8) is 0 Å². The predicted octanol–water partition coefficient (Wildman–Crippen LogP) is 4.36. The summed E-state index contributed by atoms with van der Waals surface area (Å²) >= 11 is 0. The molecule has 2 aromatic carbocycles. The van der Waals surface area contributed by atoms with Crippen molar-refractivity contribution in [1.29, 1.82) is 0 Å². The molecule has 0 spiro atoms. The third kappa shape index (κ3) is 5.62. The molecule has 1 atom stereocenters. The van der Waals surface area contributed by atoms with Crippen molar-refractivity contribution in [2.45, 2.75) is 52.1 Å². The number of amides is 1. The maximum Gasteiger partial charge on any atom is 0.350 e. The molecule has 0 fully saturated rings. The summed E-state index contributed by atoms with van der Waals surface area (Å²) in [6, 6.07) is 17.8. The Morgan fingerprint density at radius 1 is 1.09 bits per heavy atom. The summed E-state index contributed by atoms with van der Waals surface area (Å²) in [4.78, 5) is 27.9. The SMILES string of the molecule is CCCCNC(=O)C(c1ccccc1)N1CC=C(c2ccc(-n3cnn(C(C)C)c3=O)cc2)CC1. The Kier molecular flexibility index (Phi) is 7.98. The quantitative estimate of drug-likeness (QED) is 0.469. The molecule has 0 saturated carbocycles. The summed E-state index contributed by atoms with van der Waals surface area (Å²) in [6.45, 7) is 8.23. The Morgan fingerprint density at radius 3 is 2.43 bits per heavy atom. The Bertz CT molecular complexity index is 1210. The van der Waals surface area contributed by atoms with Crippen LogP contribution in [-0.2, 0) is 4.79 Å².